The van der Waals surface area contributed by atoms with Crippen molar-refractivity contribution in [3.63, 3.8) is 0 Å². The Bertz CT molecular complexity index is 836. The van der Waals surface area contributed by atoms with E-state index >= 15 is 0 Å². The minimum absolute atomic E-state index is 0.149. The summed E-state index contributed by atoms with van der Waals surface area (Å²) in [5.74, 6) is -0.210. The van der Waals surface area contributed by atoms with E-state index in [-0.39, 0.29) is 24.9 Å². The van der Waals surface area contributed by atoms with Crippen molar-refractivity contribution in [2.75, 3.05) is 13.7 Å². The predicted octanol–water partition coefficient (Wildman–Crippen LogP) is 3.44. The van der Waals surface area contributed by atoms with Crippen LogP contribution in [0.3, 0.4) is 0 Å². The van der Waals surface area contributed by atoms with Crippen molar-refractivity contribution < 1.29 is 18.7 Å². The molecule has 5 nitrogen and oxygen atoms in total. The van der Waals surface area contributed by atoms with Crippen LogP contribution in [0.2, 0.25) is 0 Å². The summed E-state index contributed by atoms with van der Waals surface area (Å²) in [6.07, 6.45) is 2.90. The number of nitrogens with zero attached hydrogens (tertiary/aromatic N) is 1. The lowest BCUT2D eigenvalue weighted by Crippen LogP contribution is -2.47. The van der Waals surface area contributed by atoms with Gasteiger partial charge >= 0.3 is 0 Å². The molecule has 1 aliphatic rings. The molecule has 1 aromatic heterocycles. The number of nitrogens with one attached hydrogen (secondary N) is 1. The number of fused-ring (bicyclic) bond motifs is 1. The third kappa shape index (κ3) is 4.63. The van der Waals surface area contributed by atoms with E-state index in [2.05, 4.69) is 10.3 Å². The van der Waals surface area contributed by atoms with Crippen LogP contribution in [0.4, 0.5) is 4.39 Å². The van der Waals surface area contributed by atoms with Gasteiger partial charge in [0.2, 0.25) is 5.88 Å². The summed E-state index contributed by atoms with van der Waals surface area (Å²) in [6, 6.07) is 8.36. The number of rotatable bonds is 7. The number of hydrogen-bond donors (Lipinski definition) is 1. The van der Waals surface area contributed by atoms with Crippen molar-refractivity contribution in [2.45, 2.75) is 45.3 Å². The molecule has 1 amide bonds. The number of hydrogen-bond acceptors (Lipinski definition) is 4. The third-order valence-electron chi connectivity index (χ3n) is 4.58. The van der Waals surface area contributed by atoms with Crippen LogP contribution in [0.25, 0.3) is 0 Å². The number of amides is 1. The molecule has 0 bridgehead atoms. The smallest absolute Gasteiger partial charge is 0.257 e. The predicted molar refractivity (Wildman–Crippen MR) is 100 cm³/mol. The zero-order valence-corrected chi connectivity index (χ0v) is 16.0. The van der Waals surface area contributed by atoms with Crippen molar-refractivity contribution in [1.29, 1.82) is 0 Å². The summed E-state index contributed by atoms with van der Waals surface area (Å²) >= 11 is 0. The molecule has 0 aliphatic heterocycles. The standard InChI is InChI=1S/C21H25FN2O3/c1-21(2,13-27-12-15-7-4-5-9-17(15)22)24-19(25)16-11-14-8-6-10-18(14)23-20(16)26-3/h4-5,7,9,11H,6,8,10,12-13H2,1-3H3,(H,24,25). The van der Waals surface area contributed by atoms with Gasteiger partial charge in [-0.2, -0.15) is 0 Å². The first-order valence-corrected chi connectivity index (χ1v) is 9.10. The summed E-state index contributed by atoms with van der Waals surface area (Å²) in [6.45, 7) is 4.11. The zero-order valence-electron chi connectivity index (χ0n) is 16.0. The minimum Gasteiger partial charge on any atom is -0.480 e. The number of halogens is 1. The van der Waals surface area contributed by atoms with Crippen LogP contribution >= 0.6 is 0 Å². The Hall–Kier alpha value is -2.47. The molecule has 1 heterocycles. The third-order valence-corrected chi connectivity index (χ3v) is 4.58. The van der Waals surface area contributed by atoms with Gasteiger partial charge in [-0.3, -0.25) is 4.79 Å². The Morgan fingerprint density at radius 3 is 2.81 bits per heavy atom. The molecule has 0 saturated carbocycles. The fraction of sp³-hybridized carbons (Fsp3) is 0.429. The van der Waals surface area contributed by atoms with Gasteiger partial charge < -0.3 is 14.8 Å². The number of methoxy groups -OCH3 is 1. The van der Waals surface area contributed by atoms with Gasteiger partial charge in [0.25, 0.3) is 5.91 Å². The summed E-state index contributed by atoms with van der Waals surface area (Å²) in [4.78, 5) is 17.3. The Balaban J connectivity index is 1.63. The number of aryl methyl sites for hydroxylation is 2. The molecule has 0 saturated heterocycles. The topological polar surface area (TPSA) is 60.5 Å². The van der Waals surface area contributed by atoms with Crippen molar-refractivity contribution in [3.05, 3.63) is 58.5 Å². The van der Waals surface area contributed by atoms with E-state index in [9.17, 15) is 9.18 Å². The van der Waals surface area contributed by atoms with Gasteiger partial charge in [-0.25, -0.2) is 9.37 Å². The molecule has 2 aromatic rings. The molecule has 1 aromatic carbocycles. The summed E-state index contributed by atoms with van der Waals surface area (Å²) < 4.78 is 24.6. The number of pyridine rings is 1. The molecule has 27 heavy (non-hydrogen) atoms. The van der Waals surface area contributed by atoms with E-state index in [1.807, 2.05) is 19.9 Å². The number of carbonyl (C=O) groups is 1. The fourth-order valence-electron chi connectivity index (χ4n) is 3.21. The minimum atomic E-state index is -0.633. The second-order valence-electron chi connectivity index (χ2n) is 7.43. The lowest BCUT2D eigenvalue weighted by Gasteiger charge is -2.26. The molecular weight excluding hydrogens is 347 g/mol. The summed E-state index contributed by atoms with van der Waals surface area (Å²) in [5, 5.41) is 2.96. The SMILES string of the molecule is COc1nc2c(cc1C(=O)NC(C)(C)COCc1ccccc1F)CCC2. The highest BCUT2D eigenvalue weighted by atomic mass is 19.1. The molecular formula is C21H25FN2O3. The van der Waals surface area contributed by atoms with Crippen molar-refractivity contribution in [1.82, 2.24) is 10.3 Å². The van der Waals surface area contributed by atoms with Crippen molar-refractivity contribution >= 4 is 5.91 Å². The lowest BCUT2D eigenvalue weighted by atomic mass is 10.1. The van der Waals surface area contributed by atoms with Gasteiger partial charge in [-0.15, -0.1) is 0 Å². The highest BCUT2D eigenvalue weighted by Crippen LogP contribution is 2.26. The monoisotopic (exact) mass is 372 g/mol. The number of carbonyl (C=O) groups excluding carboxylic acids is 1. The number of ether oxygens (including phenoxy) is 2. The molecule has 1 N–H and O–H groups in total. The Morgan fingerprint density at radius 2 is 2.07 bits per heavy atom. The molecule has 0 fully saturated rings. The highest BCUT2D eigenvalue weighted by molar-refractivity contribution is 5.97. The van der Waals surface area contributed by atoms with E-state index in [4.69, 9.17) is 9.47 Å². The molecule has 0 radical (unpaired) electrons. The average molecular weight is 372 g/mol. The first kappa shape index (κ1) is 19.3. The normalized spacial score (nSPS) is 13.3. The van der Waals surface area contributed by atoms with Gasteiger partial charge in [0, 0.05) is 11.3 Å². The highest BCUT2D eigenvalue weighted by Gasteiger charge is 2.26. The van der Waals surface area contributed by atoms with Crippen LogP contribution in [-0.4, -0.2) is 30.1 Å². The average Bonchev–Trinajstić information content (AvgIpc) is 3.09. The van der Waals surface area contributed by atoms with Crippen LogP contribution in [0, 0.1) is 5.82 Å². The molecule has 0 unspecified atom stereocenters. The maximum absolute atomic E-state index is 13.7. The van der Waals surface area contributed by atoms with Gasteiger partial charge in [0.1, 0.15) is 11.4 Å². The second-order valence-corrected chi connectivity index (χ2v) is 7.43. The van der Waals surface area contributed by atoms with E-state index < -0.39 is 5.54 Å². The van der Waals surface area contributed by atoms with Gasteiger partial charge in [-0.1, -0.05) is 18.2 Å². The molecule has 3 rings (SSSR count). The summed E-state index contributed by atoms with van der Waals surface area (Å²) in [5.41, 5.74) is 2.40. The quantitative estimate of drug-likeness (QED) is 0.809. The Labute approximate surface area is 158 Å². The lowest BCUT2D eigenvalue weighted by molar-refractivity contribution is 0.0604. The molecule has 144 valence electrons. The Kier molecular flexibility index (Phi) is 5.75. The van der Waals surface area contributed by atoms with Crippen LogP contribution in [-0.2, 0) is 24.2 Å². The number of benzene rings is 1. The van der Waals surface area contributed by atoms with E-state index in [0.717, 1.165) is 30.5 Å². The van der Waals surface area contributed by atoms with Gasteiger partial charge in [0.05, 0.1) is 25.9 Å². The molecule has 0 atom stereocenters. The molecule has 6 heteroatoms. The van der Waals surface area contributed by atoms with Crippen LogP contribution in [0.5, 0.6) is 5.88 Å². The fourth-order valence-corrected chi connectivity index (χ4v) is 3.21. The first-order chi connectivity index (χ1) is 12.9. The van der Waals surface area contributed by atoms with Gasteiger partial charge in [0.15, 0.2) is 0 Å². The zero-order chi connectivity index (χ0) is 19.4. The Morgan fingerprint density at radius 1 is 1.30 bits per heavy atom. The van der Waals surface area contributed by atoms with Crippen LogP contribution in [0.1, 0.15) is 47.4 Å². The summed E-state index contributed by atoms with van der Waals surface area (Å²) in [7, 11) is 1.52. The maximum Gasteiger partial charge on any atom is 0.257 e. The maximum atomic E-state index is 13.7. The van der Waals surface area contributed by atoms with E-state index in [0.29, 0.717) is 17.0 Å². The van der Waals surface area contributed by atoms with Crippen molar-refractivity contribution in [3.8, 4) is 5.88 Å². The van der Waals surface area contributed by atoms with E-state index in [1.165, 1.54) is 13.2 Å². The molecule has 1 aliphatic carbocycles. The second kappa shape index (κ2) is 8.05. The van der Waals surface area contributed by atoms with E-state index in [1.54, 1.807) is 18.2 Å². The molecule has 0 spiro atoms. The van der Waals surface area contributed by atoms with Gasteiger partial charge in [-0.05, 0) is 50.8 Å². The first-order valence-electron chi connectivity index (χ1n) is 9.10. The van der Waals surface area contributed by atoms with Crippen LogP contribution < -0.4 is 10.1 Å². The number of aromatic nitrogens is 1. The largest absolute Gasteiger partial charge is 0.480 e. The van der Waals surface area contributed by atoms with Crippen molar-refractivity contribution in [2.24, 2.45) is 0 Å². The van der Waals surface area contributed by atoms with Crippen LogP contribution in [0.15, 0.2) is 30.3 Å².